The van der Waals surface area contributed by atoms with Gasteiger partial charge in [-0.3, -0.25) is 0 Å². The number of hydrogen-bond acceptors (Lipinski definition) is 1. The summed E-state index contributed by atoms with van der Waals surface area (Å²) in [5.41, 5.74) is 9.56. The van der Waals surface area contributed by atoms with Crippen molar-refractivity contribution in [1.82, 2.24) is 0 Å². The van der Waals surface area contributed by atoms with Crippen LogP contribution < -0.4 is 24.8 Å². The first kappa shape index (κ1) is 29.4. The van der Waals surface area contributed by atoms with Crippen molar-refractivity contribution in [2.75, 3.05) is 0 Å². The van der Waals surface area contributed by atoms with Gasteiger partial charge in [0.2, 0.25) is 0 Å². The van der Waals surface area contributed by atoms with Gasteiger partial charge in [-0.25, -0.2) is 0 Å². The Morgan fingerprint density at radius 2 is 1.59 bits per heavy atom. The zero-order valence-corrected chi connectivity index (χ0v) is 26.5. The van der Waals surface area contributed by atoms with E-state index in [4.69, 9.17) is 0 Å². The molecule has 34 heavy (non-hydrogen) atoms. The summed E-state index contributed by atoms with van der Waals surface area (Å²) in [6, 6.07) is 22.4. The second-order valence-corrected chi connectivity index (χ2v) is 15.5. The quantitative estimate of drug-likeness (QED) is 0.245. The van der Waals surface area contributed by atoms with Crippen LogP contribution in [0.25, 0.3) is 27.1 Å². The Hall–Kier alpha value is -0.830. The van der Waals surface area contributed by atoms with Gasteiger partial charge >= 0.3 is 26.2 Å². The van der Waals surface area contributed by atoms with E-state index < -0.39 is 8.07 Å². The summed E-state index contributed by atoms with van der Waals surface area (Å²) in [5, 5.41) is 6.71. The summed E-state index contributed by atoms with van der Waals surface area (Å²) in [6.07, 6.45) is 0. The number of halogens is 2. The van der Waals surface area contributed by atoms with Gasteiger partial charge in [-0.1, -0.05) is 80.5 Å². The minimum Gasteiger partial charge on any atom is -1.00 e. The van der Waals surface area contributed by atoms with Gasteiger partial charge in [0.1, 0.15) is 0 Å². The molecule has 1 aromatic heterocycles. The fourth-order valence-electron chi connectivity index (χ4n) is 5.78. The molecular formula is C29H31Cl2SSiZr. The van der Waals surface area contributed by atoms with E-state index in [-0.39, 0.29) is 51.0 Å². The summed E-state index contributed by atoms with van der Waals surface area (Å²) in [5.74, 6) is 0.589. The van der Waals surface area contributed by atoms with Crippen LogP contribution in [0.5, 0.6) is 0 Å². The van der Waals surface area contributed by atoms with E-state index in [0.29, 0.717) is 5.92 Å². The number of benzene rings is 2. The smallest absolute Gasteiger partial charge is 1.00 e. The van der Waals surface area contributed by atoms with Gasteiger partial charge in [-0.2, -0.15) is 6.07 Å². The average molecular weight is 602 g/mol. The van der Waals surface area contributed by atoms with E-state index in [2.05, 4.69) is 107 Å². The molecule has 1 radical (unpaired) electrons. The Kier molecular flexibility index (Phi) is 9.56. The Morgan fingerprint density at radius 3 is 2.18 bits per heavy atom. The zero-order valence-electron chi connectivity index (χ0n) is 20.7. The monoisotopic (exact) mass is 599 g/mol. The third kappa shape index (κ3) is 4.76. The zero-order chi connectivity index (χ0) is 21.9. The van der Waals surface area contributed by atoms with Gasteiger partial charge < -0.3 is 24.8 Å². The van der Waals surface area contributed by atoms with Crippen molar-refractivity contribution >= 4 is 35.4 Å². The average Bonchev–Trinajstić information content (AvgIpc) is 3.44. The van der Waals surface area contributed by atoms with Gasteiger partial charge in [-0.15, -0.1) is 45.9 Å². The van der Waals surface area contributed by atoms with Crippen LogP contribution in [0.1, 0.15) is 53.8 Å². The topological polar surface area (TPSA) is 0 Å². The molecule has 175 valence electrons. The van der Waals surface area contributed by atoms with Crippen molar-refractivity contribution in [2.24, 2.45) is 0 Å². The second kappa shape index (κ2) is 11.1. The molecule has 1 atom stereocenters. The third-order valence-corrected chi connectivity index (χ3v) is 12.5. The van der Waals surface area contributed by atoms with Crippen LogP contribution in [-0.4, -0.2) is 8.07 Å². The summed E-state index contributed by atoms with van der Waals surface area (Å²) in [4.78, 5) is 1.68. The molecule has 4 aromatic rings. The SMILES string of the molecule is CC1=C2c3ccsc3C1[Si]2(C)C.Cc1cc2c(-c3ccc(C(C)C)cc3)cccc2[cH-]1.[Cl-].[Cl-].[Zr+3]. The first-order chi connectivity index (χ1) is 14.8. The van der Waals surface area contributed by atoms with Crippen molar-refractivity contribution < 1.29 is 51.0 Å². The molecule has 1 aliphatic carbocycles. The van der Waals surface area contributed by atoms with Crippen LogP contribution in [0.4, 0.5) is 0 Å². The number of thiophene rings is 1. The van der Waals surface area contributed by atoms with Crippen LogP contribution in [0.2, 0.25) is 13.1 Å². The maximum atomic E-state index is 2.51. The number of rotatable bonds is 2. The fraction of sp³-hybridized carbons (Fsp3) is 0.276. The Balaban J connectivity index is 0.000000238. The molecule has 2 aliphatic heterocycles. The standard InChI is InChI=1S/C19H19.C10H12SSi.2ClH.Zr/c1-13(2)15-7-9-16(10-8-15)18-6-4-5-17-11-14(3)12-19(17)18;1-6-9-7-4-5-11-8(7)10(6)12(9,2)3;;;/h4-13H,1-3H3;4-5,10H,1-3H3;2*1H;/q-1;;;;+3/p-2. The van der Waals surface area contributed by atoms with Crippen molar-refractivity contribution in [1.29, 1.82) is 0 Å². The van der Waals surface area contributed by atoms with E-state index in [0.717, 1.165) is 5.54 Å². The Morgan fingerprint density at radius 1 is 0.912 bits per heavy atom. The minimum atomic E-state index is -0.972. The van der Waals surface area contributed by atoms with Crippen LogP contribution in [0.15, 0.2) is 71.6 Å². The molecule has 2 bridgehead atoms. The summed E-state index contributed by atoms with van der Waals surface area (Å²) < 4.78 is 0. The summed E-state index contributed by atoms with van der Waals surface area (Å²) >= 11 is 1.96. The van der Waals surface area contributed by atoms with Crippen LogP contribution in [-0.2, 0) is 26.2 Å². The third-order valence-electron chi connectivity index (χ3n) is 7.20. The van der Waals surface area contributed by atoms with Gasteiger partial charge in [0.15, 0.2) is 0 Å². The van der Waals surface area contributed by atoms with Crippen molar-refractivity contribution in [3.05, 3.63) is 93.2 Å². The minimum absolute atomic E-state index is 0. The molecule has 5 heteroatoms. The van der Waals surface area contributed by atoms with E-state index >= 15 is 0 Å². The predicted octanol–water partition coefficient (Wildman–Crippen LogP) is 3.08. The van der Waals surface area contributed by atoms with Crippen molar-refractivity contribution in [3.63, 3.8) is 0 Å². The van der Waals surface area contributed by atoms with E-state index in [9.17, 15) is 0 Å². The first-order valence-electron chi connectivity index (χ1n) is 11.3. The molecule has 0 saturated heterocycles. The molecular weight excluding hydrogens is 571 g/mol. The molecule has 7 rings (SSSR count). The number of allylic oxidation sites excluding steroid dienone is 1. The summed E-state index contributed by atoms with van der Waals surface area (Å²) in [6.45, 7) is 14.0. The van der Waals surface area contributed by atoms with Gasteiger partial charge in [-0.05, 0) is 41.0 Å². The number of fused-ring (bicyclic) bond motifs is 1. The Bertz CT molecular complexity index is 1310. The van der Waals surface area contributed by atoms with Crippen molar-refractivity contribution in [2.45, 2.75) is 52.2 Å². The van der Waals surface area contributed by atoms with Gasteiger partial charge in [0.05, 0.1) is 8.07 Å². The molecule has 3 aromatic carbocycles. The molecule has 3 aliphatic rings. The summed E-state index contributed by atoms with van der Waals surface area (Å²) in [7, 11) is -0.972. The van der Waals surface area contributed by atoms with E-state index in [1.165, 1.54) is 33.0 Å². The predicted molar refractivity (Wildman–Crippen MR) is 141 cm³/mol. The first-order valence-corrected chi connectivity index (χ1v) is 15.3. The van der Waals surface area contributed by atoms with Crippen LogP contribution >= 0.6 is 11.3 Å². The molecule has 0 N–H and O–H groups in total. The molecule has 0 nitrogen and oxygen atoms in total. The van der Waals surface area contributed by atoms with Crippen molar-refractivity contribution in [3.8, 4) is 11.1 Å². The molecule has 0 fully saturated rings. The molecule has 1 unspecified atom stereocenters. The largest absolute Gasteiger partial charge is 3.00 e. The molecule has 0 spiro atoms. The normalized spacial score (nSPS) is 16.5. The Labute approximate surface area is 241 Å². The molecule has 0 saturated carbocycles. The van der Waals surface area contributed by atoms with Crippen LogP contribution in [0.3, 0.4) is 0 Å². The van der Waals surface area contributed by atoms with E-state index in [1.807, 2.05) is 11.3 Å². The second-order valence-electron chi connectivity index (χ2n) is 10.0. The number of aryl methyl sites for hydroxylation is 1. The van der Waals surface area contributed by atoms with E-state index in [1.54, 1.807) is 21.2 Å². The van der Waals surface area contributed by atoms with Gasteiger partial charge in [0.25, 0.3) is 0 Å². The van der Waals surface area contributed by atoms with Gasteiger partial charge in [0, 0.05) is 10.4 Å². The maximum absolute atomic E-state index is 2.51. The van der Waals surface area contributed by atoms with Crippen LogP contribution in [0, 0.1) is 6.92 Å². The number of hydrogen-bond donors (Lipinski definition) is 0. The molecule has 3 heterocycles. The molecule has 0 amide bonds. The maximum Gasteiger partial charge on any atom is 3.00 e. The fourth-order valence-corrected chi connectivity index (χ4v) is 12.1.